The Bertz CT molecular complexity index is 893. The zero-order valence-electron chi connectivity index (χ0n) is 21.8. The van der Waals surface area contributed by atoms with Crippen LogP contribution in [-0.2, 0) is 19.1 Å². The van der Waals surface area contributed by atoms with Crippen molar-refractivity contribution in [1.82, 2.24) is 0 Å². The predicted molar refractivity (Wildman–Crippen MR) is 129 cm³/mol. The SMILES string of the molecule is CC(=O)OC[C@]12CC[C@H](C(C)=O)[C@@H]1C1CC[C@H]3[C@@](C)(CC[C@@H]4[C@]3(C)CCC(=O)[C@@]4(C)O)[C@@H]1CC2. The van der Waals surface area contributed by atoms with Crippen LogP contribution in [0, 0.1) is 51.8 Å². The monoisotopic (exact) mass is 472 g/mol. The molecule has 5 saturated carbocycles. The fraction of sp³-hybridized carbons (Fsp3) is 0.897. The third-order valence-electron chi connectivity index (χ3n) is 12.2. The minimum absolute atomic E-state index is 0.0166. The van der Waals surface area contributed by atoms with Crippen LogP contribution in [0.5, 0.6) is 0 Å². The van der Waals surface area contributed by atoms with Gasteiger partial charge in [0.25, 0.3) is 0 Å². The van der Waals surface area contributed by atoms with Gasteiger partial charge in [-0.1, -0.05) is 13.8 Å². The second-order valence-corrected chi connectivity index (χ2v) is 13.5. The maximum atomic E-state index is 12.8. The molecular formula is C29H44O5. The first-order valence-corrected chi connectivity index (χ1v) is 13.8. The lowest BCUT2D eigenvalue weighted by molar-refractivity contribution is -0.215. The molecule has 5 aliphatic carbocycles. The molecule has 34 heavy (non-hydrogen) atoms. The molecule has 0 saturated heterocycles. The van der Waals surface area contributed by atoms with Crippen LogP contribution in [0.4, 0.5) is 0 Å². The highest BCUT2D eigenvalue weighted by atomic mass is 16.5. The number of hydrogen-bond acceptors (Lipinski definition) is 5. The van der Waals surface area contributed by atoms with Crippen molar-refractivity contribution in [3.63, 3.8) is 0 Å². The molecule has 5 rings (SSSR count). The quantitative estimate of drug-likeness (QED) is 0.577. The highest BCUT2D eigenvalue weighted by Crippen LogP contribution is 2.72. The fourth-order valence-corrected chi connectivity index (χ4v) is 10.8. The standard InChI is InChI=1S/C29H44O5/c1-17(30)19-8-14-29(16-34-18(2)31)15-9-21-20(25(19)29)6-7-22-26(21,3)12-10-23-27(22,4)13-11-24(32)28(23,5)33/h19-23,25,33H,6-16H2,1-5H3/t19-,20?,21-,22+,23-,25-,26+,27-,28+,29-/m1/s1. The van der Waals surface area contributed by atoms with Crippen LogP contribution in [0.1, 0.15) is 98.8 Å². The van der Waals surface area contributed by atoms with E-state index >= 15 is 0 Å². The lowest BCUT2D eigenvalue weighted by Crippen LogP contribution is -2.65. The molecule has 5 heteroatoms. The molecule has 1 unspecified atom stereocenters. The summed E-state index contributed by atoms with van der Waals surface area (Å²) < 4.78 is 5.64. The Labute approximate surface area is 204 Å². The molecule has 5 aliphatic rings. The van der Waals surface area contributed by atoms with Crippen molar-refractivity contribution in [3.05, 3.63) is 0 Å². The van der Waals surface area contributed by atoms with Crippen molar-refractivity contribution in [2.75, 3.05) is 6.61 Å². The number of aliphatic hydroxyl groups is 1. The molecule has 0 radical (unpaired) electrons. The Morgan fingerprint density at radius 2 is 1.62 bits per heavy atom. The molecule has 0 aromatic heterocycles. The molecule has 0 amide bonds. The number of carbonyl (C=O) groups is 3. The third-order valence-corrected chi connectivity index (χ3v) is 12.2. The maximum absolute atomic E-state index is 12.8. The molecule has 0 bridgehead atoms. The van der Waals surface area contributed by atoms with Crippen LogP contribution in [0.15, 0.2) is 0 Å². The first-order chi connectivity index (χ1) is 15.9. The van der Waals surface area contributed by atoms with Crippen LogP contribution in [0.2, 0.25) is 0 Å². The molecule has 0 spiro atoms. The van der Waals surface area contributed by atoms with E-state index in [9.17, 15) is 19.5 Å². The van der Waals surface area contributed by atoms with Gasteiger partial charge in [0.2, 0.25) is 0 Å². The van der Waals surface area contributed by atoms with Gasteiger partial charge in [-0.15, -0.1) is 0 Å². The Morgan fingerprint density at radius 3 is 2.29 bits per heavy atom. The summed E-state index contributed by atoms with van der Waals surface area (Å²) in [5, 5.41) is 11.2. The van der Waals surface area contributed by atoms with E-state index in [2.05, 4.69) is 13.8 Å². The van der Waals surface area contributed by atoms with Gasteiger partial charge in [-0.3, -0.25) is 14.4 Å². The van der Waals surface area contributed by atoms with E-state index in [1.54, 1.807) is 13.8 Å². The van der Waals surface area contributed by atoms with Crippen molar-refractivity contribution >= 4 is 17.5 Å². The van der Waals surface area contributed by atoms with Gasteiger partial charge in [0.1, 0.15) is 11.4 Å². The van der Waals surface area contributed by atoms with Gasteiger partial charge >= 0.3 is 5.97 Å². The topological polar surface area (TPSA) is 80.7 Å². The Kier molecular flexibility index (Phi) is 5.67. The second-order valence-electron chi connectivity index (χ2n) is 13.5. The number of fused-ring (bicyclic) bond motifs is 7. The lowest BCUT2D eigenvalue weighted by atomic mass is 9.37. The summed E-state index contributed by atoms with van der Waals surface area (Å²) in [5.41, 5.74) is -1.10. The Morgan fingerprint density at radius 1 is 0.912 bits per heavy atom. The second kappa shape index (κ2) is 7.88. The number of ketones is 2. The van der Waals surface area contributed by atoms with Crippen LogP contribution in [0.3, 0.4) is 0 Å². The van der Waals surface area contributed by atoms with Crippen molar-refractivity contribution in [3.8, 4) is 0 Å². The van der Waals surface area contributed by atoms with Gasteiger partial charge in [-0.2, -0.15) is 0 Å². The van der Waals surface area contributed by atoms with E-state index in [1.165, 1.54) is 6.92 Å². The zero-order chi connectivity index (χ0) is 24.7. The summed E-state index contributed by atoms with van der Waals surface area (Å²) in [6.07, 6.45) is 9.64. The molecule has 190 valence electrons. The molecule has 1 N–H and O–H groups in total. The van der Waals surface area contributed by atoms with Crippen molar-refractivity contribution in [2.45, 2.75) is 104 Å². The number of hydrogen-bond donors (Lipinski definition) is 1. The highest BCUT2D eigenvalue weighted by molar-refractivity contribution is 5.88. The molecule has 0 aromatic carbocycles. The molecular weight excluding hydrogens is 428 g/mol. The Balaban J connectivity index is 1.48. The lowest BCUT2D eigenvalue weighted by Gasteiger charge is -2.68. The molecule has 0 heterocycles. The van der Waals surface area contributed by atoms with E-state index in [-0.39, 0.29) is 39.8 Å². The summed E-state index contributed by atoms with van der Waals surface area (Å²) >= 11 is 0. The maximum Gasteiger partial charge on any atom is 0.302 e. The normalized spacial score (nSPS) is 52.1. The largest absolute Gasteiger partial charge is 0.465 e. The fourth-order valence-electron chi connectivity index (χ4n) is 10.8. The minimum Gasteiger partial charge on any atom is -0.465 e. The number of ether oxygens (including phenoxy) is 1. The van der Waals surface area contributed by atoms with E-state index < -0.39 is 5.60 Å². The molecule has 0 aromatic rings. The molecule has 0 aliphatic heterocycles. The van der Waals surface area contributed by atoms with E-state index in [1.807, 2.05) is 0 Å². The molecule has 5 nitrogen and oxygen atoms in total. The van der Waals surface area contributed by atoms with Gasteiger partial charge < -0.3 is 9.84 Å². The van der Waals surface area contributed by atoms with E-state index in [4.69, 9.17) is 4.74 Å². The van der Waals surface area contributed by atoms with Gasteiger partial charge in [-0.05, 0) is 106 Å². The van der Waals surface area contributed by atoms with Crippen LogP contribution >= 0.6 is 0 Å². The van der Waals surface area contributed by atoms with Gasteiger partial charge in [0.15, 0.2) is 5.78 Å². The number of esters is 1. The smallest absolute Gasteiger partial charge is 0.302 e. The van der Waals surface area contributed by atoms with Gasteiger partial charge in [0, 0.05) is 30.6 Å². The van der Waals surface area contributed by atoms with Crippen LogP contribution < -0.4 is 0 Å². The van der Waals surface area contributed by atoms with E-state index in [0.29, 0.717) is 42.5 Å². The van der Waals surface area contributed by atoms with Crippen molar-refractivity contribution < 1.29 is 24.2 Å². The highest BCUT2D eigenvalue weighted by Gasteiger charge is 2.68. The zero-order valence-corrected chi connectivity index (χ0v) is 21.8. The first-order valence-electron chi connectivity index (χ1n) is 13.8. The predicted octanol–water partition coefficient (Wildman–Crippen LogP) is 5.12. The van der Waals surface area contributed by atoms with Crippen molar-refractivity contribution in [1.29, 1.82) is 0 Å². The van der Waals surface area contributed by atoms with Gasteiger partial charge in [0.05, 0.1) is 6.61 Å². The summed E-state index contributed by atoms with van der Waals surface area (Å²) in [4.78, 5) is 37.1. The van der Waals surface area contributed by atoms with Crippen LogP contribution in [-0.4, -0.2) is 34.9 Å². The summed E-state index contributed by atoms with van der Waals surface area (Å²) in [6.45, 7) is 10.3. The first kappa shape index (κ1) is 24.5. The average Bonchev–Trinajstić information content (AvgIpc) is 3.15. The van der Waals surface area contributed by atoms with E-state index in [0.717, 1.165) is 57.8 Å². The minimum atomic E-state index is -1.21. The number of Topliss-reactive ketones (excluding diaryl/α,β-unsaturated/α-hetero) is 2. The third kappa shape index (κ3) is 3.24. The Hall–Kier alpha value is -1.23. The summed E-state index contributed by atoms with van der Waals surface area (Å²) in [5.74, 6) is 2.09. The number of carbonyl (C=O) groups excluding carboxylic acids is 3. The molecule has 10 atom stereocenters. The van der Waals surface area contributed by atoms with Gasteiger partial charge in [-0.25, -0.2) is 0 Å². The number of rotatable bonds is 3. The summed E-state index contributed by atoms with van der Waals surface area (Å²) in [6, 6.07) is 0. The van der Waals surface area contributed by atoms with Crippen LogP contribution in [0.25, 0.3) is 0 Å². The average molecular weight is 473 g/mol. The molecule has 5 fully saturated rings. The summed E-state index contributed by atoms with van der Waals surface area (Å²) in [7, 11) is 0. The van der Waals surface area contributed by atoms with Crippen molar-refractivity contribution in [2.24, 2.45) is 51.8 Å².